The van der Waals surface area contributed by atoms with Crippen LogP contribution in [0.3, 0.4) is 0 Å². The molecule has 5 nitrogen and oxygen atoms in total. The molecule has 1 unspecified atom stereocenters. The van der Waals surface area contributed by atoms with Gasteiger partial charge in [0.25, 0.3) is 0 Å². The molecular weight excluding hydrogens is 252 g/mol. The third-order valence-electron chi connectivity index (χ3n) is 4.17. The summed E-state index contributed by atoms with van der Waals surface area (Å²) in [4.78, 5) is 21.4. The van der Waals surface area contributed by atoms with E-state index in [9.17, 15) is 4.79 Å². The zero-order valence-corrected chi connectivity index (χ0v) is 11.8. The van der Waals surface area contributed by atoms with E-state index in [1.54, 1.807) is 6.20 Å². The third kappa shape index (κ3) is 2.83. The van der Waals surface area contributed by atoms with Crippen molar-refractivity contribution in [3.8, 4) is 0 Å². The van der Waals surface area contributed by atoms with Gasteiger partial charge in [0.1, 0.15) is 6.04 Å². The maximum absolute atomic E-state index is 12.9. The van der Waals surface area contributed by atoms with Crippen molar-refractivity contribution < 1.29 is 4.79 Å². The average molecular weight is 274 g/mol. The van der Waals surface area contributed by atoms with Crippen LogP contribution in [-0.2, 0) is 4.79 Å². The maximum Gasteiger partial charge on any atom is 0.244 e. The van der Waals surface area contributed by atoms with Crippen molar-refractivity contribution in [3.63, 3.8) is 0 Å². The number of pyridine rings is 1. The fraction of sp³-hybridized carbons (Fsp3) is 0.600. The van der Waals surface area contributed by atoms with Crippen molar-refractivity contribution in [2.45, 2.75) is 18.9 Å². The zero-order chi connectivity index (χ0) is 13.8. The molecule has 1 aromatic rings. The lowest BCUT2D eigenvalue weighted by molar-refractivity contribution is -0.137. The van der Waals surface area contributed by atoms with Gasteiger partial charge in [0.2, 0.25) is 5.91 Å². The minimum absolute atomic E-state index is 0.149. The van der Waals surface area contributed by atoms with Crippen LogP contribution in [-0.4, -0.2) is 60.0 Å². The van der Waals surface area contributed by atoms with Crippen LogP contribution in [0.5, 0.6) is 0 Å². The Hall–Kier alpha value is -1.46. The van der Waals surface area contributed by atoms with Gasteiger partial charge in [-0.15, -0.1) is 0 Å². The van der Waals surface area contributed by atoms with E-state index < -0.39 is 0 Å². The Labute approximate surface area is 120 Å². The van der Waals surface area contributed by atoms with Crippen molar-refractivity contribution in [1.29, 1.82) is 0 Å². The van der Waals surface area contributed by atoms with E-state index in [1.165, 1.54) is 12.8 Å². The fourth-order valence-electron chi connectivity index (χ4n) is 3.11. The molecule has 2 fully saturated rings. The monoisotopic (exact) mass is 274 g/mol. The first-order valence-corrected chi connectivity index (χ1v) is 7.50. The second-order valence-corrected chi connectivity index (χ2v) is 5.51. The van der Waals surface area contributed by atoms with Gasteiger partial charge < -0.3 is 10.2 Å². The summed E-state index contributed by atoms with van der Waals surface area (Å²) < 4.78 is 0. The number of nitrogens with zero attached hydrogens (tertiary/aromatic N) is 3. The molecule has 108 valence electrons. The van der Waals surface area contributed by atoms with Crippen molar-refractivity contribution in [3.05, 3.63) is 30.1 Å². The van der Waals surface area contributed by atoms with Gasteiger partial charge in [-0.25, -0.2) is 0 Å². The van der Waals surface area contributed by atoms with Crippen LogP contribution >= 0.6 is 0 Å². The standard InChI is InChI=1S/C15H22N4O/c20-15(19-10-6-16-7-11-19)14(18-8-1-2-9-18)13-4-3-5-17-12-13/h3-5,12,14,16H,1-2,6-11H2. The average Bonchev–Trinajstić information content (AvgIpc) is 3.03. The minimum Gasteiger partial charge on any atom is -0.338 e. The van der Waals surface area contributed by atoms with Crippen molar-refractivity contribution >= 4 is 5.91 Å². The van der Waals surface area contributed by atoms with Gasteiger partial charge in [-0.1, -0.05) is 6.07 Å². The Kier molecular flexibility index (Phi) is 4.28. The highest BCUT2D eigenvalue weighted by Crippen LogP contribution is 2.26. The Balaban J connectivity index is 1.82. The Morgan fingerprint density at radius 3 is 2.60 bits per heavy atom. The number of carbonyl (C=O) groups excluding carboxylic acids is 1. The number of hydrogen-bond acceptors (Lipinski definition) is 4. The minimum atomic E-state index is -0.149. The van der Waals surface area contributed by atoms with E-state index in [0.29, 0.717) is 0 Å². The topological polar surface area (TPSA) is 48.5 Å². The van der Waals surface area contributed by atoms with Crippen LogP contribution < -0.4 is 5.32 Å². The molecule has 3 rings (SSSR count). The lowest BCUT2D eigenvalue weighted by Gasteiger charge is -2.34. The number of hydrogen-bond donors (Lipinski definition) is 1. The Bertz CT molecular complexity index is 438. The van der Waals surface area contributed by atoms with E-state index in [2.05, 4.69) is 15.2 Å². The summed E-state index contributed by atoms with van der Waals surface area (Å²) in [7, 11) is 0. The van der Waals surface area contributed by atoms with E-state index in [1.807, 2.05) is 23.2 Å². The van der Waals surface area contributed by atoms with Crippen LogP contribution in [0.2, 0.25) is 0 Å². The van der Waals surface area contributed by atoms with Gasteiger partial charge in [-0.3, -0.25) is 14.7 Å². The van der Waals surface area contributed by atoms with E-state index in [0.717, 1.165) is 44.8 Å². The molecule has 2 saturated heterocycles. The fourth-order valence-corrected chi connectivity index (χ4v) is 3.11. The number of nitrogens with one attached hydrogen (secondary N) is 1. The molecule has 0 aliphatic carbocycles. The van der Waals surface area contributed by atoms with Crippen LogP contribution in [0.15, 0.2) is 24.5 Å². The Morgan fingerprint density at radius 2 is 1.95 bits per heavy atom. The molecule has 1 atom stereocenters. The Morgan fingerprint density at radius 1 is 1.20 bits per heavy atom. The predicted molar refractivity (Wildman–Crippen MR) is 77.2 cm³/mol. The maximum atomic E-state index is 12.9. The summed E-state index contributed by atoms with van der Waals surface area (Å²) >= 11 is 0. The highest BCUT2D eigenvalue weighted by Gasteiger charge is 2.33. The first kappa shape index (κ1) is 13.5. The molecular formula is C15H22N4O. The number of rotatable bonds is 3. The number of aromatic nitrogens is 1. The third-order valence-corrected chi connectivity index (χ3v) is 4.17. The van der Waals surface area contributed by atoms with Gasteiger partial charge in [-0.2, -0.15) is 0 Å². The molecule has 3 heterocycles. The molecule has 5 heteroatoms. The molecule has 20 heavy (non-hydrogen) atoms. The van der Waals surface area contributed by atoms with Crippen molar-refractivity contribution in [1.82, 2.24) is 20.1 Å². The summed E-state index contributed by atoms with van der Waals surface area (Å²) in [6.07, 6.45) is 5.97. The zero-order valence-electron chi connectivity index (χ0n) is 11.8. The highest BCUT2D eigenvalue weighted by molar-refractivity contribution is 5.83. The molecule has 2 aliphatic heterocycles. The van der Waals surface area contributed by atoms with E-state index in [-0.39, 0.29) is 11.9 Å². The smallest absolute Gasteiger partial charge is 0.244 e. The molecule has 0 aromatic carbocycles. The van der Waals surface area contributed by atoms with Gasteiger partial charge >= 0.3 is 0 Å². The quantitative estimate of drug-likeness (QED) is 0.879. The van der Waals surface area contributed by atoms with Gasteiger partial charge in [0.05, 0.1) is 0 Å². The molecule has 2 aliphatic rings. The SMILES string of the molecule is O=C(C(c1cccnc1)N1CCCC1)N1CCNCC1. The summed E-state index contributed by atoms with van der Waals surface area (Å²) in [5, 5.41) is 3.30. The van der Waals surface area contributed by atoms with Crippen molar-refractivity contribution in [2.24, 2.45) is 0 Å². The molecule has 0 radical (unpaired) electrons. The summed E-state index contributed by atoms with van der Waals surface area (Å²) in [6.45, 7) is 5.43. The second kappa shape index (κ2) is 6.33. The van der Waals surface area contributed by atoms with E-state index in [4.69, 9.17) is 0 Å². The second-order valence-electron chi connectivity index (χ2n) is 5.51. The highest BCUT2D eigenvalue weighted by atomic mass is 16.2. The molecule has 1 aromatic heterocycles. The number of piperazine rings is 1. The summed E-state index contributed by atoms with van der Waals surface area (Å²) in [5.74, 6) is 0.237. The lowest BCUT2D eigenvalue weighted by Crippen LogP contribution is -2.50. The van der Waals surface area contributed by atoms with Crippen LogP contribution in [0.4, 0.5) is 0 Å². The normalized spacial score (nSPS) is 21.9. The molecule has 0 saturated carbocycles. The van der Waals surface area contributed by atoms with Crippen LogP contribution in [0.25, 0.3) is 0 Å². The lowest BCUT2D eigenvalue weighted by atomic mass is 10.1. The molecule has 0 spiro atoms. The molecule has 1 amide bonds. The van der Waals surface area contributed by atoms with Gasteiger partial charge in [-0.05, 0) is 37.6 Å². The number of amides is 1. The largest absolute Gasteiger partial charge is 0.338 e. The number of likely N-dealkylation sites (tertiary alicyclic amines) is 1. The van der Waals surface area contributed by atoms with Crippen molar-refractivity contribution in [2.75, 3.05) is 39.3 Å². The first-order valence-electron chi connectivity index (χ1n) is 7.50. The summed E-state index contributed by atoms with van der Waals surface area (Å²) in [5.41, 5.74) is 1.03. The molecule has 1 N–H and O–H groups in total. The van der Waals surface area contributed by atoms with Crippen LogP contribution in [0, 0.1) is 0 Å². The first-order chi connectivity index (χ1) is 9.86. The van der Waals surface area contributed by atoms with Crippen LogP contribution in [0.1, 0.15) is 24.4 Å². The van der Waals surface area contributed by atoms with Gasteiger partial charge in [0.15, 0.2) is 0 Å². The van der Waals surface area contributed by atoms with E-state index >= 15 is 0 Å². The molecule has 0 bridgehead atoms. The predicted octanol–water partition coefficient (Wildman–Crippen LogP) is 0.650. The van der Waals surface area contributed by atoms with Gasteiger partial charge in [0, 0.05) is 38.6 Å². The number of carbonyl (C=O) groups is 1. The summed E-state index contributed by atoms with van der Waals surface area (Å²) in [6, 6.07) is 3.80.